The van der Waals surface area contributed by atoms with Gasteiger partial charge in [0.25, 0.3) is 5.91 Å². The number of hydrogen-bond acceptors (Lipinski definition) is 4. The molecule has 8 heteroatoms. The second kappa shape index (κ2) is 6.92. The minimum absolute atomic E-state index is 0.187. The summed E-state index contributed by atoms with van der Waals surface area (Å²) in [5, 5.41) is 0. The van der Waals surface area contributed by atoms with Gasteiger partial charge in [0.2, 0.25) is 0 Å². The van der Waals surface area contributed by atoms with Crippen LogP contribution in [0.1, 0.15) is 59.2 Å². The number of carbonyl (C=O) groups excluding carboxylic acids is 1. The van der Waals surface area contributed by atoms with E-state index in [1.807, 2.05) is 0 Å². The molecule has 1 amide bonds. The number of benzene rings is 1. The lowest BCUT2D eigenvalue weighted by atomic mass is 9.91. The molecule has 1 spiro atoms. The number of hydrogen-bond donors (Lipinski definition) is 0. The molecule has 1 aromatic heterocycles. The van der Waals surface area contributed by atoms with Gasteiger partial charge in [-0.1, -0.05) is 25.0 Å². The van der Waals surface area contributed by atoms with E-state index in [1.165, 1.54) is 12.5 Å². The fourth-order valence-electron chi connectivity index (χ4n) is 4.25. The SMILES string of the molecule is Cc1ocnc1C(=O)N1C[C@@H](c2cccc(C(F)(F)F)c2)OCC12CCCC2. The predicted octanol–water partition coefficient (Wildman–Crippen LogP) is 4.53. The Morgan fingerprint density at radius 2 is 2.04 bits per heavy atom. The van der Waals surface area contributed by atoms with Crippen LogP contribution in [0.15, 0.2) is 35.1 Å². The molecule has 5 nitrogen and oxygen atoms in total. The molecule has 0 radical (unpaired) electrons. The maximum atomic E-state index is 13.2. The Morgan fingerprint density at radius 1 is 1.29 bits per heavy atom. The summed E-state index contributed by atoms with van der Waals surface area (Å²) in [6.07, 6.45) is -0.224. The standard InChI is InChI=1S/C20H21F3N2O3/c1-13-17(24-12-28-13)18(26)25-10-16(27-11-19(25)7-2-3-8-19)14-5-4-6-15(9-14)20(21,22)23/h4-6,9,12,16H,2-3,7-8,10-11H2,1H3/t16-/m0/s1. The monoisotopic (exact) mass is 394 g/mol. The van der Waals surface area contributed by atoms with Crippen LogP contribution in [0.2, 0.25) is 0 Å². The lowest BCUT2D eigenvalue weighted by molar-refractivity contribution is -0.138. The van der Waals surface area contributed by atoms with Crippen molar-refractivity contribution < 1.29 is 27.1 Å². The van der Waals surface area contributed by atoms with Gasteiger partial charge in [-0.25, -0.2) is 4.98 Å². The van der Waals surface area contributed by atoms with Crippen LogP contribution in [0.4, 0.5) is 13.2 Å². The van der Waals surface area contributed by atoms with Gasteiger partial charge in [-0.15, -0.1) is 0 Å². The van der Waals surface area contributed by atoms with Gasteiger partial charge in [-0.05, 0) is 37.5 Å². The fraction of sp³-hybridized carbons (Fsp3) is 0.500. The van der Waals surface area contributed by atoms with Gasteiger partial charge in [0, 0.05) is 0 Å². The van der Waals surface area contributed by atoms with E-state index in [2.05, 4.69) is 4.98 Å². The molecule has 0 unspecified atom stereocenters. The van der Waals surface area contributed by atoms with E-state index in [0.29, 0.717) is 17.9 Å². The first-order chi connectivity index (χ1) is 13.3. The Hall–Kier alpha value is -2.35. The zero-order valence-electron chi connectivity index (χ0n) is 15.5. The van der Waals surface area contributed by atoms with Gasteiger partial charge in [-0.3, -0.25) is 4.79 Å². The van der Waals surface area contributed by atoms with Gasteiger partial charge < -0.3 is 14.1 Å². The Morgan fingerprint density at radius 3 is 2.68 bits per heavy atom. The maximum absolute atomic E-state index is 13.2. The topological polar surface area (TPSA) is 55.6 Å². The number of rotatable bonds is 2. The first kappa shape index (κ1) is 19.0. The summed E-state index contributed by atoms with van der Waals surface area (Å²) in [7, 11) is 0. The number of carbonyl (C=O) groups is 1. The molecule has 1 saturated carbocycles. The summed E-state index contributed by atoms with van der Waals surface area (Å²) >= 11 is 0. The number of aromatic nitrogens is 1. The summed E-state index contributed by atoms with van der Waals surface area (Å²) in [6.45, 7) is 2.16. The molecule has 2 aromatic rings. The minimum Gasteiger partial charge on any atom is -0.448 e. The average Bonchev–Trinajstić information content (AvgIpc) is 3.31. The summed E-state index contributed by atoms with van der Waals surface area (Å²) < 4.78 is 50.4. The Bertz CT molecular complexity index is 872. The predicted molar refractivity (Wildman–Crippen MR) is 93.6 cm³/mol. The molecule has 28 heavy (non-hydrogen) atoms. The van der Waals surface area contributed by atoms with Gasteiger partial charge in [0.05, 0.1) is 24.3 Å². The largest absolute Gasteiger partial charge is 0.448 e. The van der Waals surface area contributed by atoms with Gasteiger partial charge in [0.15, 0.2) is 12.1 Å². The summed E-state index contributed by atoms with van der Waals surface area (Å²) in [4.78, 5) is 19.0. The number of ether oxygens (including phenoxy) is 1. The van der Waals surface area contributed by atoms with Crippen molar-refractivity contribution >= 4 is 5.91 Å². The molecule has 1 saturated heterocycles. The molecule has 2 fully saturated rings. The third kappa shape index (κ3) is 3.30. The molecule has 4 rings (SSSR count). The van der Waals surface area contributed by atoms with Crippen molar-refractivity contribution in [3.05, 3.63) is 53.2 Å². The van der Waals surface area contributed by atoms with Crippen LogP contribution in [-0.2, 0) is 10.9 Å². The maximum Gasteiger partial charge on any atom is 0.416 e. The first-order valence-electron chi connectivity index (χ1n) is 9.31. The molecule has 0 N–H and O–H groups in total. The van der Waals surface area contributed by atoms with Crippen LogP contribution < -0.4 is 0 Å². The van der Waals surface area contributed by atoms with Crippen molar-refractivity contribution in [1.29, 1.82) is 0 Å². The lowest BCUT2D eigenvalue weighted by Crippen LogP contribution is -2.58. The third-order valence-corrected chi connectivity index (χ3v) is 5.79. The second-order valence-corrected chi connectivity index (χ2v) is 7.53. The van der Waals surface area contributed by atoms with Crippen molar-refractivity contribution in [2.45, 2.75) is 50.4 Å². The van der Waals surface area contributed by atoms with Crippen molar-refractivity contribution in [2.75, 3.05) is 13.2 Å². The molecule has 1 aliphatic heterocycles. The van der Waals surface area contributed by atoms with Crippen LogP contribution in [0.25, 0.3) is 0 Å². The van der Waals surface area contributed by atoms with Crippen molar-refractivity contribution in [3.63, 3.8) is 0 Å². The highest BCUT2D eigenvalue weighted by Crippen LogP contribution is 2.42. The number of nitrogens with zero attached hydrogens (tertiary/aromatic N) is 2. The van der Waals surface area contributed by atoms with E-state index in [4.69, 9.17) is 9.15 Å². The van der Waals surface area contributed by atoms with E-state index in [1.54, 1.807) is 17.9 Å². The number of aryl methyl sites for hydroxylation is 1. The first-order valence-corrected chi connectivity index (χ1v) is 9.31. The highest BCUT2D eigenvalue weighted by atomic mass is 19.4. The minimum atomic E-state index is -4.43. The Labute approximate surface area is 160 Å². The molecular formula is C20H21F3N2O3. The third-order valence-electron chi connectivity index (χ3n) is 5.79. The highest BCUT2D eigenvalue weighted by Gasteiger charge is 2.48. The van der Waals surface area contributed by atoms with E-state index in [9.17, 15) is 18.0 Å². The van der Waals surface area contributed by atoms with E-state index in [-0.39, 0.29) is 18.1 Å². The molecular weight excluding hydrogens is 373 g/mol. The van der Waals surface area contributed by atoms with Crippen molar-refractivity contribution in [1.82, 2.24) is 9.88 Å². The van der Waals surface area contributed by atoms with Crippen LogP contribution in [0.5, 0.6) is 0 Å². The van der Waals surface area contributed by atoms with Crippen molar-refractivity contribution in [2.24, 2.45) is 0 Å². The lowest BCUT2D eigenvalue weighted by Gasteiger charge is -2.47. The molecule has 1 aliphatic carbocycles. The highest BCUT2D eigenvalue weighted by molar-refractivity contribution is 5.93. The molecule has 1 atom stereocenters. The number of halogens is 3. The number of amides is 1. The van der Waals surface area contributed by atoms with Gasteiger partial charge in [-0.2, -0.15) is 13.2 Å². The molecule has 0 bridgehead atoms. The number of alkyl halides is 3. The molecule has 2 heterocycles. The van der Waals surface area contributed by atoms with Crippen LogP contribution in [0, 0.1) is 6.92 Å². The molecule has 2 aliphatic rings. The Balaban J connectivity index is 1.65. The Kier molecular flexibility index (Phi) is 4.69. The average molecular weight is 394 g/mol. The van der Waals surface area contributed by atoms with E-state index < -0.39 is 23.4 Å². The van der Waals surface area contributed by atoms with Crippen LogP contribution in [0.3, 0.4) is 0 Å². The molecule has 150 valence electrons. The number of oxazole rings is 1. The quantitative estimate of drug-likeness (QED) is 0.751. The zero-order chi connectivity index (χ0) is 19.9. The normalized spacial score (nSPS) is 22.0. The zero-order valence-corrected chi connectivity index (χ0v) is 15.5. The van der Waals surface area contributed by atoms with Gasteiger partial charge >= 0.3 is 6.18 Å². The summed E-state index contributed by atoms with van der Waals surface area (Å²) in [5.74, 6) is 0.175. The smallest absolute Gasteiger partial charge is 0.416 e. The van der Waals surface area contributed by atoms with Crippen LogP contribution in [-0.4, -0.2) is 34.5 Å². The second-order valence-electron chi connectivity index (χ2n) is 7.53. The summed E-state index contributed by atoms with van der Waals surface area (Å²) in [6, 6.07) is 5.11. The van der Waals surface area contributed by atoms with Gasteiger partial charge in [0.1, 0.15) is 11.9 Å². The number of morpholine rings is 1. The van der Waals surface area contributed by atoms with Crippen LogP contribution >= 0.6 is 0 Å². The fourth-order valence-corrected chi connectivity index (χ4v) is 4.25. The van der Waals surface area contributed by atoms with E-state index in [0.717, 1.165) is 37.8 Å². The molecule has 1 aromatic carbocycles. The summed E-state index contributed by atoms with van der Waals surface area (Å²) in [5.41, 5.74) is -0.492. The van der Waals surface area contributed by atoms with E-state index >= 15 is 0 Å². The van der Waals surface area contributed by atoms with Crippen molar-refractivity contribution in [3.8, 4) is 0 Å².